The highest BCUT2D eigenvalue weighted by Crippen LogP contribution is 2.29. The largest absolute Gasteiger partial charge is 0.362 e. The van der Waals surface area contributed by atoms with E-state index < -0.39 is 4.92 Å². The number of nitro benzene ring substituents is 1. The molecule has 0 aliphatic carbocycles. The normalized spacial score (nSPS) is 14.2. The zero-order valence-electron chi connectivity index (χ0n) is 14.4. The van der Waals surface area contributed by atoms with E-state index >= 15 is 0 Å². The Morgan fingerprint density at radius 1 is 1.12 bits per heavy atom. The van der Waals surface area contributed by atoms with Gasteiger partial charge in [-0.1, -0.05) is 17.7 Å². The molecule has 2 aromatic rings. The third-order valence-corrected chi connectivity index (χ3v) is 4.50. The average Bonchev–Trinajstić information content (AvgIpc) is 2.67. The van der Waals surface area contributed by atoms with E-state index in [-0.39, 0.29) is 17.2 Å². The van der Waals surface area contributed by atoms with Crippen LogP contribution in [0.15, 0.2) is 42.5 Å². The zero-order chi connectivity index (χ0) is 18.7. The molecule has 0 aromatic heterocycles. The van der Waals surface area contributed by atoms with E-state index in [4.69, 9.17) is 0 Å². The first-order valence-corrected chi connectivity index (χ1v) is 8.34. The van der Waals surface area contributed by atoms with Crippen molar-refractivity contribution >= 4 is 23.6 Å². The number of carbonyl (C=O) groups is 2. The van der Waals surface area contributed by atoms with Gasteiger partial charge in [0.1, 0.15) is 12.0 Å². The summed E-state index contributed by atoms with van der Waals surface area (Å²) < 4.78 is 0. The van der Waals surface area contributed by atoms with Crippen LogP contribution in [-0.2, 0) is 0 Å². The van der Waals surface area contributed by atoms with Crippen molar-refractivity contribution in [3.63, 3.8) is 0 Å². The highest BCUT2D eigenvalue weighted by molar-refractivity contribution is 5.94. The average molecular weight is 353 g/mol. The summed E-state index contributed by atoms with van der Waals surface area (Å²) in [6, 6.07) is 11.9. The summed E-state index contributed by atoms with van der Waals surface area (Å²) in [5, 5.41) is 11.3. The minimum Gasteiger partial charge on any atom is -0.362 e. The number of amides is 1. The number of nitro groups is 1. The number of piperazine rings is 1. The van der Waals surface area contributed by atoms with Crippen LogP contribution in [-0.4, -0.2) is 48.2 Å². The van der Waals surface area contributed by atoms with Crippen LogP contribution in [0.1, 0.15) is 26.3 Å². The molecule has 0 spiro atoms. The van der Waals surface area contributed by atoms with Gasteiger partial charge in [0.05, 0.1) is 4.92 Å². The topological polar surface area (TPSA) is 83.8 Å². The number of anilines is 1. The second-order valence-electron chi connectivity index (χ2n) is 6.27. The third-order valence-electron chi connectivity index (χ3n) is 4.50. The number of carbonyl (C=O) groups excluding carboxylic acids is 2. The molecule has 134 valence electrons. The van der Waals surface area contributed by atoms with E-state index in [1.165, 1.54) is 6.07 Å². The maximum atomic E-state index is 12.6. The molecule has 26 heavy (non-hydrogen) atoms. The molecular weight excluding hydrogens is 334 g/mol. The van der Waals surface area contributed by atoms with Gasteiger partial charge in [-0.25, -0.2) is 0 Å². The molecule has 7 heteroatoms. The molecular formula is C19H19N3O4. The standard InChI is InChI=1S/C19H19N3O4/c1-14-3-2-4-16(11-14)19(24)21-9-7-20(8-10-21)17-6-5-15(13-23)12-18(17)22(25)26/h2-6,11-13H,7-10H2,1H3. The predicted octanol–water partition coefficient (Wildman–Crippen LogP) is 2.68. The molecule has 1 amide bonds. The molecule has 7 nitrogen and oxygen atoms in total. The van der Waals surface area contributed by atoms with Gasteiger partial charge in [0, 0.05) is 43.4 Å². The van der Waals surface area contributed by atoms with E-state index in [1.54, 1.807) is 23.1 Å². The fraction of sp³-hybridized carbons (Fsp3) is 0.263. The number of nitrogens with zero attached hydrogens (tertiary/aromatic N) is 3. The van der Waals surface area contributed by atoms with Gasteiger partial charge in [-0.2, -0.15) is 0 Å². The van der Waals surface area contributed by atoms with Crippen LogP contribution in [0.5, 0.6) is 0 Å². The number of hydrogen-bond acceptors (Lipinski definition) is 5. The van der Waals surface area contributed by atoms with E-state index in [2.05, 4.69) is 0 Å². The number of benzene rings is 2. The SMILES string of the molecule is Cc1cccc(C(=O)N2CCN(c3ccc(C=O)cc3[N+](=O)[O-])CC2)c1. The molecule has 1 aliphatic heterocycles. The Morgan fingerprint density at radius 3 is 2.46 bits per heavy atom. The van der Waals surface area contributed by atoms with Gasteiger partial charge in [0.25, 0.3) is 11.6 Å². The number of rotatable bonds is 4. The van der Waals surface area contributed by atoms with Gasteiger partial charge in [-0.15, -0.1) is 0 Å². The molecule has 1 aliphatic rings. The summed E-state index contributed by atoms with van der Waals surface area (Å²) in [6.45, 7) is 3.91. The van der Waals surface area contributed by atoms with Gasteiger partial charge in [-0.05, 0) is 31.2 Å². The van der Waals surface area contributed by atoms with Crippen LogP contribution >= 0.6 is 0 Å². The summed E-state index contributed by atoms with van der Waals surface area (Å²) in [5.41, 5.74) is 2.34. The lowest BCUT2D eigenvalue weighted by Crippen LogP contribution is -2.49. The molecule has 1 fully saturated rings. The molecule has 1 heterocycles. The first kappa shape index (κ1) is 17.6. The van der Waals surface area contributed by atoms with E-state index in [1.807, 2.05) is 30.0 Å². The summed E-state index contributed by atoms with van der Waals surface area (Å²) in [5.74, 6) is -0.0286. The summed E-state index contributed by atoms with van der Waals surface area (Å²) in [4.78, 5) is 38.0. The molecule has 0 atom stereocenters. The van der Waals surface area contributed by atoms with Crippen molar-refractivity contribution in [2.75, 3.05) is 31.1 Å². The molecule has 1 saturated heterocycles. The summed E-state index contributed by atoms with van der Waals surface area (Å²) in [6.07, 6.45) is 0.592. The van der Waals surface area contributed by atoms with E-state index in [0.717, 1.165) is 5.56 Å². The molecule has 2 aromatic carbocycles. The monoisotopic (exact) mass is 353 g/mol. The van der Waals surface area contributed by atoms with Crippen molar-refractivity contribution in [3.8, 4) is 0 Å². The first-order chi connectivity index (χ1) is 12.5. The van der Waals surface area contributed by atoms with Gasteiger partial charge in [0.15, 0.2) is 0 Å². The molecule has 0 bridgehead atoms. The zero-order valence-corrected chi connectivity index (χ0v) is 14.4. The van der Waals surface area contributed by atoms with Crippen molar-refractivity contribution in [2.45, 2.75) is 6.92 Å². The molecule has 3 rings (SSSR count). The lowest BCUT2D eigenvalue weighted by atomic mass is 10.1. The number of aryl methyl sites for hydroxylation is 1. The van der Waals surface area contributed by atoms with Crippen LogP contribution in [0.4, 0.5) is 11.4 Å². The predicted molar refractivity (Wildman–Crippen MR) is 97.8 cm³/mol. The number of hydrogen-bond donors (Lipinski definition) is 0. The lowest BCUT2D eigenvalue weighted by Gasteiger charge is -2.36. The molecule has 0 radical (unpaired) electrons. The summed E-state index contributed by atoms with van der Waals surface area (Å²) >= 11 is 0. The first-order valence-electron chi connectivity index (χ1n) is 8.34. The van der Waals surface area contributed by atoms with Crippen molar-refractivity contribution in [3.05, 3.63) is 69.3 Å². The smallest absolute Gasteiger partial charge is 0.293 e. The minimum absolute atomic E-state index is 0.0286. The molecule has 0 unspecified atom stereocenters. The van der Waals surface area contributed by atoms with Crippen LogP contribution in [0.3, 0.4) is 0 Å². The summed E-state index contributed by atoms with van der Waals surface area (Å²) in [7, 11) is 0. The van der Waals surface area contributed by atoms with Crippen LogP contribution in [0.25, 0.3) is 0 Å². The quantitative estimate of drug-likeness (QED) is 0.479. The van der Waals surface area contributed by atoms with Crippen molar-refractivity contribution < 1.29 is 14.5 Å². The Hall–Kier alpha value is -3.22. The lowest BCUT2D eigenvalue weighted by molar-refractivity contribution is -0.384. The second kappa shape index (κ2) is 7.35. The fourth-order valence-corrected chi connectivity index (χ4v) is 3.14. The van der Waals surface area contributed by atoms with E-state index in [0.29, 0.717) is 43.7 Å². The van der Waals surface area contributed by atoms with Gasteiger partial charge < -0.3 is 9.80 Å². The van der Waals surface area contributed by atoms with Gasteiger partial charge >= 0.3 is 0 Å². The van der Waals surface area contributed by atoms with Crippen molar-refractivity contribution in [1.82, 2.24) is 4.90 Å². The Labute approximate surface area is 151 Å². The second-order valence-corrected chi connectivity index (χ2v) is 6.27. The number of aldehydes is 1. The van der Waals surface area contributed by atoms with Crippen molar-refractivity contribution in [1.29, 1.82) is 0 Å². The minimum atomic E-state index is -0.480. The Bertz CT molecular complexity index is 858. The molecule has 0 N–H and O–H groups in total. The molecule has 0 saturated carbocycles. The van der Waals surface area contributed by atoms with Crippen LogP contribution in [0.2, 0.25) is 0 Å². The van der Waals surface area contributed by atoms with Gasteiger partial charge in [-0.3, -0.25) is 19.7 Å². The van der Waals surface area contributed by atoms with Gasteiger partial charge in [0.2, 0.25) is 0 Å². The highest BCUT2D eigenvalue weighted by atomic mass is 16.6. The highest BCUT2D eigenvalue weighted by Gasteiger charge is 2.26. The van der Waals surface area contributed by atoms with Crippen molar-refractivity contribution in [2.24, 2.45) is 0 Å². The maximum Gasteiger partial charge on any atom is 0.293 e. The van der Waals surface area contributed by atoms with Crippen LogP contribution < -0.4 is 4.90 Å². The van der Waals surface area contributed by atoms with E-state index in [9.17, 15) is 19.7 Å². The Kier molecular flexibility index (Phi) is 4.97. The third kappa shape index (κ3) is 3.56. The Morgan fingerprint density at radius 2 is 1.85 bits per heavy atom. The fourth-order valence-electron chi connectivity index (χ4n) is 3.14. The maximum absolute atomic E-state index is 12.6. The van der Waals surface area contributed by atoms with Crippen LogP contribution in [0, 0.1) is 17.0 Å². The Balaban J connectivity index is 1.74.